The molecule has 0 unspecified atom stereocenters. The number of sulfonamides is 1. The molecule has 0 amide bonds. The maximum absolute atomic E-state index is 13.3. The average Bonchev–Trinajstić information content (AvgIpc) is 3.38. The molecule has 37 heavy (non-hydrogen) atoms. The molecule has 1 heterocycles. The number of nitrogens with zero attached hydrogens (tertiary/aromatic N) is 1. The lowest BCUT2D eigenvalue weighted by molar-refractivity contribution is -0.385. The topological polar surface area (TPSA) is 120 Å². The second-order valence-corrected chi connectivity index (χ2v) is 10.9. The highest BCUT2D eigenvalue weighted by atomic mass is 32.2. The van der Waals surface area contributed by atoms with Gasteiger partial charge in [0.25, 0.3) is 10.0 Å². The van der Waals surface area contributed by atoms with Gasteiger partial charge in [-0.25, -0.2) is 8.42 Å². The fraction of sp³-hybridized carbons (Fsp3) is 0.259. The van der Waals surface area contributed by atoms with E-state index in [1.165, 1.54) is 14.2 Å². The molecule has 10 heteroatoms. The molecule has 0 saturated carbocycles. The van der Waals surface area contributed by atoms with Gasteiger partial charge in [0.05, 0.1) is 35.8 Å². The van der Waals surface area contributed by atoms with Crippen molar-refractivity contribution in [3.63, 3.8) is 0 Å². The number of ether oxygens (including phenoxy) is 2. The zero-order chi connectivity index (χ0) is 26.3. The minimum absolute atomic E-state index is 0.0361. The molecule has 0 bridgehead atoms. The van der Waals surface area contributed by atoms with Gasteiger partial charge in [0.15, 0.2) is 5.75 Å². The minimum Gasteiger partial charge on any atom is -0.495 e. The first-order chi connectivity index (χ1) is 17.7. The Hall–Kier alpha value is -4.05. The summed E-state index contributed by atoms with van der Waals surface area (Å²) < 4.78 is 39.8. The number of hydrogen-bond acceptors (Lipinski definition) is 7. The number of methoxy groups -OCH3 is 2. The van der Waals surface area contributed by atoms with Crippen molar-refractivity contribution in [2.24, 2.45) is 5.92 Å². The smallest absolute Gasteiger partial charge is 0.311 e. The number of nitro benzene ring substituents is 1. The van der Waals surface area contributed by atoms with Crippen LogP contribution in [0.3, 0.4) is 0 Å². The van der Waals surface area contributed by atoms with Crippen LogP contribution in [-0.2, 0) is 10.0 Å². The summed E-state index contributed by atoms with van der Waals surface area (Å²) >= 11 is 0. The molecule has 9 nitrogen and oxygen atoms in total. The van der Waals surface area contributed by atoms with Crippen LogP contribution >= 0.6 is 0 Å². The van der Waals surface area contributed by atoms with Crippen molar-refractivity contribution >= 4 is 27.1 Å². The quantitative estimate of drug-likeness (QED) is 0.238. The van der Waals surface area contributed by atoms with Gasteiger partial charge in [0.1, 0.15) is 5.75 Å². The molecule has 0 saturated heterocycles. The first kappa shape index (κ1) is 24.6. The van der Waals surface area contributed by atoms with Gasteiger partial charge in [0.2, 0.25) is 0 Å². The van der Waals surface area contributed by atoms with Crippen LogP contribution in [-0.4, -0.2) is 27.6 Å². The molecule has 0 spiro atoms. The van der Waals surface area contributed by atoms with Crippen molar-refractivity contribution in [3.05, 3.63) is 93.6 Å². The van der Waals surface area contributed by atoms with Crippen molar-refractivity contribution in [1.29, 1.82) is 0 Å². The molecule has 3 aromatic rings. The van der Waals surface area contributed by atoms with Gasteiger partial charge in [-0.1, -0.05) is 24.3 Å². The third-order valence-corrected chi connectivity index (χ3v) is 8.37. The summed E-state index contributed by atoms with van der Waals surface area (Å²) in [4.78, 5) is 11.3. The summed E-state index contributed by atoms with van der Waals surface area (Å²) in [6, 6.07) is 15.1. The lowest BCUT2D eigenvalue weighted by Gasteiger charge is -2.37. The number of nitrogens with one attached hydrogen (secondary N) is 2. The van der Waals surface area contributed by atoms with Crippen LogP contribution < -0.4 is 19.5 Å². The van der Waals surface area contributed by atoms with Crippen LogP contribution in [0, 0.1) is 23.0 Å². The number of hydrogen-bond donors (Lipinski definition) is 2. The third kappa shape index (κ3) is 4.48. The zero-order valence-electron chi connectivity index (χ0n) is 20.6. The average molecular weight is 522 g/mol. The van der Waals surface area contributed by atoms with Crippen molar-refractivity contribution in [1.82, 2.24) is 0 Å². The molecule has 192 valence electrons. The van der Waals surface area contributed by atoms with E-state index >= 15 is 0 Å². The van der Waals surface area contributed by atoms with Crippen LogP contribution in [0.4, 0.5) is 17.1 Å². The fourth-order valence-electron chi connectivity index (χ4n) is 5.22. The fourth-order valence-corrected chi connectivity index (χ4v) is 6.31. The SMILES string of the molecule is COc1ccc(C)cc1NS(=O)(=O)c1ccc2c(c1)[C@H]1C=CC[C@H]1[C@@H](c1ccc(OC)c([N+](=O)[O-])c1)N2. The maximum Gasteiger partial charge on any atom is 0.311 e. The van der Waals surface area contributed by atoms with Gasteiger partial charge in [0, 0.05) is 17.7 Å². The van der Waals surface area contributed by atoms with E-state index in [9.17, 15) is 18.5 Å². The Morgan fingerprint density at radius 1 is 1.03 bits per heavy atom. The summed E-state index contributed by atoms with van der Waals surface area (Å²) in [6.45, 7) is 1.88. The molecule has 2 N–H and O–H groups in total. The summed E-state index contributed by atoms with van der Waals surface area (Å²) in [6.07, 6.45) is 4.92. The highest BCUT2D eigenvalue weighted by molar-refractivity contribution is 7.92. The van der Waals surface area contributed by atoms with E-state index < -0.39 is 14.9 Å². The standard InChI is InChI=1S/C27H27N3O6S/c1-16-7-11-25(35-2)23(13-16)29-37(33,34)18-9-10-22-21(15-18)19-5-4-6-20(19)27(28-22)17-8-12-26(36-3)24(14-17)30(31)32/h4-5,7-15,19-20,27-29H,6H2,1-3H3/t19-,20+,27+/m0/s1. The Labute approximate surface area is 215 Å². The Bertz CT molecular complexity index is 1520. The molecule has 2 aliphatic rings. The Morgan fingerprint density at radius 3 is 2.51 bits per heavy atom. The minimum atomic E-state index is -3.88. The Balaban J connectivity index is 1.49. The number of benzene rings is 3. The monoisotopic (exact) mass is 521 g/mol. The molecule has 0 aromatic heterocycles. The Kier molecular flexibility index (Phi) is 6.28. The van der Waals surface area contributed by atoms with Crippen molar-refractivity contribution in [2.45, 2.75) is 30.2 Å². The van der Waals surface area contributed by atoms with Crippen LogP contribution in [0.15, 0.2) is 71.6 Å². The second kappa shape index (κ2) is 9.44. The first-order valence-corrected chi connectivity index (χ1v) is 13.3. The number of allylic oxidation sites excluding steroid dienone is 2. The predicted octanol–water partition coefficient (Wildman–Crippen LogP) is 5.55. The maximum atomic E-state index is 13.3. The molecular formula is C27H27N3O6S. The molecular weight excluding hydrogens is 494 g/mol. The second-order valence-electron chi connectivity index (χ2n) is 9.22. The van der Waals surface area contributed by atoms with E-state index in [1.807, 2.05) is 19.1 Å². The number of anilines is 2. The van der Waals surface area contributed by atoms with Crippen molar-refractivity contribution in [2.75, 3.05) is 24.3 Å². The predicted molar refractivity (Wildman–Crippen MR) is 141 cm³/mol. The van der Waals surface area contributed by atoms with E-state index in [2.05, 4.69) is 22.2 Å². The molecule has 1 aliphatic carbocycles. The van der Waals surface area contributed by atoms with E-state index in [0.717, 1.165) is 28.8 Å². The summed E-state index contributed by atoms with van der Waals surface area (Å²) in [5, 5.41) is 15.1. The highest BCUT2D eigenvalue weighted by Gasteiger charge is 2.39. The molecule has 0 radical (unpaired) electrons. The highest BCUT2D eigenvalue weighted by Crippen LogP contribution is 2.51. The van der Waals surface area contributed by atoms with E-state index in [-0.39, 0.29) is 34.2 Å². The third-order valence-electron chi connectivity index (χ3n) is 7.00. The molecule has 3 atom stereocenters. The van der Waals surface area contributed by atoms with E-state index in [0.29, 0.717) is 11.4 Å². The summed E-state index contributed by atoms with van der Waals surface area (Å²) in [7, 11) is -0.984. The number of nitro groups is 1. The molecule has 1 aliphatic heterocycles. The van der Waals surface area contributed by atoms with E-state index in [4.69, 9.17) is 9.47 Å². The number of aryl methyl sites for hydroxylation is 1. The zero-order valence-corrected chi connectivity index (χ0v) is 21.4. The van der Waals surface area contributed by atoms with Gasteiger partial charge >= 0.3 is 5.69 Å². The van der Waals surface area contributed by atoms with Crippen LogP contribution in [0.1, 0.15) is 35.1 Å². The lowest BCUT2D eigenvalue weighted by atomic mass is 9.77. The van der Waals surface area contributed by atoms with Crippen molar-refractivity contribution < 1.29 is 22.8 Å². The van der Waals surface area contributed by atoms with Crippen LogP contribution in [0.2, 0.25) is 0 Å². The van der Waals surface area contributed by atoms with Gasteiger partial charge in [-0.15, -0.1) is 0 Å². The summed E-state index contributed by atoms with van der Waals surface area (Å²) in [5.41, 5.74) is 3.63. The molecule has 0 fully saturated rings. The molecule has 3 aromatic carbocycles. The number of rotatable bonds is 7. The summed E-state index contributed by atoms with van der Waals surface area (Å²) in [5.74, 6) is 0.678. The van der Waals surface area contributed by atoms with Gasteiger partial charge in [-0.2, -0.15) is 0 Å². The Morgan fingerprint density at radius 2 is 1.78 bits per heavy atom. The van der Waals surface area contributed by atoms with Crippen LogP contribution in [0.5, 0.6) is 11.5 Å². The van der Waals surface area contributed by atoms with Gasteiger partial charge in [-0.05, 0) is 72.4 Å². The number of fused-ring (bicyclic) bond motifs is 3. The van der Waals surface area contributed by atoms with Crippen LogP contribution in [0.25, 0.3) is 0 Å². The van der Waals surface area contributed by atoms with Gasteiger partial charge in [-0.3, -0.25) is 14.8 Å². The normalized spacial score (nSPS) is 19.9. The first-order valence-electron chi connectivity index (χ1n) is 11.8. The van der Waals surface area contributed by atoms with E-state index in [1.54, 1.807) is 42.5 Å². The largest absolute Gasteiger partial charge is 0.495 e. The van der Waals surface area contributed by atoms with Crippen molar-refractivity contribution in [3.8, 4) is 11.5 Å². The van der Waals surface area contributed by atoms with Gasteiger partial charge < -0.3 is 14.8 Å². The lowest BCUT2D eigenvalue weighted by Crippen LogP contribution is -2.29. The molecule has 5 rings (SSSR count).